The Morgan fingerprint density at radius 2 is 1.52 bits per heavy atom. The Kier molecular flexibility index (Phi) is 5.69. The number of quaternary nitrogens is 1. The van der Waals surface area contributed by atoms with Crippen molar-refractivity contribution in [2.45, 2.75) is 13.1 Å². The van der Waals surface area contributed by atoms with Crippen LogP contribution in [0.4, 0.5) is 0 Å². The highest BCUT2D eigenvalue weighted by molar-refractivity contribution is 6.22. The molecule has 7 nitrogen and oxygen atoms in total. The van der Waals surface area contributed by atoms with Gasteiger partial charge in [-0.05, 0) is 17.7 Å². The Hall–Kier alpha value is -3.03. The van der Waals surface area contributed by atoms with E-state index in [1.807, 2.05) is 18.2 Å². The van der Waals surface area contributed by atoms with Crippen LogP contribution in [0.5, 0.6) is 0 Å². The highest BCUT2D eigenvalue weighted by Crippen LogP contribution is 2.21. The zero-order chi connectivity index (χ0) is 20.2. The SMILES string of the molecule is O=C(CN1C(=O)c2ccccc2C1=O)NCc1ccccc1C[NH+]1CCOCC1. The van der Waals surface area contributed by atoms with E-state index in [0.717, 1.165) is 43.3 Å². The number of hydrogen-bond acceptors (Lipinski definition) is 4. The number of rotatable bonds is 6. The summed E-state index contributed by atoms with van der Waals surface area (Å²) in [5, 5.41) is 2.85. The first-order chi connectivity index (χ1) is 14.1. The van der Waals surface area contributed by atoms with Crippen molar-refractivity contribution in [3.8, 4) is 0 Å². The molecule has 7 heteroatoms. The molecule has 0 radical (unpaired) electrons. The largest absolute Gasteiger partial charge is 0.370 e. The molecule has 0 saturated carbocycles. The molecule has 0 spiro atoms. The van der Waals surface area contributed by atoms with Crippen molar-refractivity contribution in [2.75, 3.05) is 32.8 Å². The molecule has 4 rings (SSSR count). The van der Waals surface area contributed by atoms with Crippen LogP contribution in [-0.4, -0.2) is 55.5 Å². The minimum atomic E-state index is -0.419. The summed E-state index contributed by atoms with van der Waals surface area (Å²) < 4.78 is 5.41. The number of fused-ring (bicyclic) bond motifs is 1. The molecule has 1 saturated heterocycles. The van der Waals surface area contributed by atoms with Crippen LogP contribution in [0, 0.1) is 0 Å². The van der Waals surface area contributed by atoms with E-state index in [-0.39, 0.29) is 12.5 Å². The monoisotopic (exact) mass is 394 g/mol. The summed E-state index contributed by atoms with van der Waals surface area (Å²) in [5.74, 6) is -1.19. The van der Waals surface area contributed by atoms with Gasteiger partial charge in [-0.25, -0.2) is 0 Å². The van der Waals surface area contributed by atoms with E-state index in [4.69, 9.17) is 4.74 Å². The van der Waals surface area contributed by atoms with Crippen LogP contribution in [0.15, 0.2) is 48.5 Å². The van der Waals surface area contributed by atoms with E-state index in [0.29, 0.717) is 17.7 Å². The highest BCUT2D eigenvalue weighted by atomic mass is 16.5. The lowest BCUT2D eigenvalue weighted by atomic mass is 10.1. The lowest BCUT2D eigenvalue weighted by Gasteiger charge is -2.24. The lowest BCUT2D eigenvalue weighted by molar-refractivity contribution is -0.921. The highest BCUT2D eigenvalue weighted by Gasteiger charge is 2.36. The molecular formula is C22H24N3O4+. The van der Waals surface area contributed by atoms with Gasteiger partial charge >= 0.3 is 0 Å². The second-order valence-corrected chi connectivity index (χ2v) is 7.33. The smallest absolute Gasteiger partial charge is 0.262 e. The summed E-state index contributed by atoms with van der Waals surface area (Å²) in [6, 6.07) is 14.7. The summed E-state index contributed by atoms with van der Waals surface area (Å²) in [6.07, 6.45) is 0. The molecule has 0 aromatic heterocycles. The molecule has 0 aliphatic carbocycles. The van der Waals surface area contributed by atoms with Crippen LogP contribution < -0.4 is 10.2 Å². The van der Waals surface area contributed by atoms with Crippen molar-refractivity contribution < 1.29 is 24.0 Å². The maximum atomic E-state index is 12.4. The molecule has 0 bridgehead atoms. The van der Waals surface area contributed by atoms with Gasteiger partial charge < -0.3 is 15.0 Å². The van der Waals surface area contributed by atoms with Crippen molar-refractivity contribution in [2.24, 2.45) is 0 Å². The first kappa shape index (κ1) is 19.3. The molecule has 150 valence electrons. The number of hydrogen-bond donors (Lipinski definition) is 2. The van der Waals surface area contributed by atoms with Gasteiger partial charge in [0.2, 0.25) is 5.91 Å². The maximum absolute atomic E-state index is 12.4. The fourth-order valence-corrected chi connectivity index (χ4v) is 3.78. The molecule has 2 aliphatic heterocycles. The maximum Gasteiger partial charge on any atom is 0.262 e. The van der Waals surface area contributed by atoms with Gasteiger partial charge in [-0.2, -0.15) is 0 Å². The standard InChI is InChI=1S/C22H23N3O4/c26-20(15-25-21(27)18-7-3-4-8-19(18)22(25)28)23-13-16-5-1-2-6-17(16)14-24-9-11-29-12-10-24/h1-8H,9-15H2,(H,23,26)/p+1. The number of carbonyl (C=O) groups is 3. The molecule has 2 aliphatic rings. The van der Waals surface area contributed by atoms with Crippen LogP contribution in [0.2, 0.25) is 0 Å². The number of nitrogens with one attached hydrogen (secondary N) is 2. The number of ether oxygens (including phenoxy) is 1. The van der Waals surface area contributed by atoms with Crippen LogP contribution in [0.1, 0.15) is 31.8 Å². The summed E-state index contributed by atoms with van der Waals surface area (Å²) in [5.41, 5.74) is 2.93. The number of morpholine rings is 1. The number of benzene rings is 2. The van der Waals surface area contributed by atoms with E-state index in [1.54, 1.807) is 24.3 Å². The molecule has 1 fully saturated rings. The molecule has 2 aromatic rings. The predicted octanol–water partition coefficient (Wildman–Crippen LogP) is 0.0141. The minimum Gasteiger partial charge on any atom is -0.370 e. The third-order valence-electron chi connectivity index (χ3n) is 5.41. The van der Waals surface area contributed by atoms with Gasteiger partial charge in [0.05, 0.1) is 24.3 Å². The van der Waals surface area contributed by atoms with Gasteiger partial charge in [0.1, 0.15) is 26.2 Å². The van der Waals surface area contributed by atoms with Crippen LogP contribution in [0.25, 0.3) is 0 Å². The second-order valence-electron chi connectivity index (χ2n) is 7.33. The second kappa shape index (κ2) is 8.55. The van der Waals surface area contributed by atoms with Crippen molar-refractivity contribution >= 4 is 17.7 Å². The van der Waals surface area contributed by atoms with Crippen molar-refractivity contribution in [3.05, 3.63) is 70.8 Å². The number of imide groups is 1. The van der Waals surface area contributed by atoms with Crippen molar-refractivity contribution in [1.82, 2.24) is 10.2 Å². The number of amides is 3. The molecular weight excluding hydrogens is 370 g/mol. The van der Waals surface area contributed by atoms with Gasteiger partial charge in [0, 0.05) is 12.1 Å². The number of nitrogens with zero attached hydrogens (tertiary/aromatic N) is 1. The van der Waals surface area contributed by atoms with Gasteiger partial charge in [-0.3, -0.25) is 19.3 Å². The van der Waals surface area contributed by atoms with E-state index in [1.165, 1.54) is 10.5 Å². The first-order valence-electron chi connectivity index (χ1n) is 9.83. The third kappa shape index (κ3) is 4.21. The van der Waals surface area contributed by atoms with Gasteiger partial charge in [0.25, 0.3) is 11.8 Å². The van der Waals surface area contributed by atoms with Crippen LogP contribution >= 0.6 is 0 Å². The molecule has 29 heavy (non-hydrogen) atoms. The van der Waals surface area contributed by atoms with Crippen molar-refractivity contribution in [3.63, 3.8) is 0 Å². The average molecular weight is 394 g/mol. The van der Waals surface area contributed by atoms with Gasteiger partial charge in [-0.15, -0.1) is 0 Å². The fraction of sp³-hybridized carbons (Fsp3) is 0.318. The van der Waals surface area contributed by atoms with Crippen LogP contribution in [-0.2, 0) is 22.6 Å². The Bertz CT molecular complexity index is 902. The predicted molar refractivity (Wildman–Crippen MR) is 105 cm³/mol. The summed E-state index contributed by atoms with van der Waals surface area (Å²) >= 11 is 0. The summed E-state index contributed by atoms with van der Waals surface area (Å²) in [4.78, 5) is 39.7. The van der Waals surface area contributed by atoms with E-state index in [9.17, 15) is 14.4 Å². The average Bonchev–Trinajstić information content (AvgIpc) is 2.99. The van der Waals surface area contributed by atoms with Gasteiger partial charge in [-0.1, -0.05) is 36.4 Å². The molecule has 2 aromatic carbocycles. The van der Waals surface area contributed by atoms with E-state index < -0.39 is 11.8 Å². The molecule has 2 N–H and O–H groups in total. The van der Waals surface area contributed by atoms with Crippen LogP contribution in [0.3, 0.4) is 0 Å². The lowest BCUT2D eigenvalue weighted by Crippen LogP contribution is -3.12. The fourth-order valence-electron chi connectivity index (χ4n) is 3.78. The quantitative estimate of drug-likeness (QED) is 0.677. The first-order valence-corrected chi connectivity index (χ1v) is 9.83. The molecule has 0 unspecified atom stereocenters. The Morgan fingerprint density at radius 3 is 2.17 bits per heavy atom. The topological polar surface area (TPSA) is 80.2 Å². The Labute approximate surface area is 169 Å². The zero-order valence-electron chi connectivity index (χ0n) is 16.1. The molecule has 0 atom stereocenters. The third-order valence-corrected chi connectivity index (χ3v) is 5.41. The van der Waals surface area contributed by atoms with E-state index in [2.05, 4.69) is 11.4 Å². The summed E-state index contributed by atoms with van der Waals surface area (Å²) in [6.45, 7) is 4.46. The Balaban J connectivity index is 1.36. The Morgan fingerprint density at radius 1 is 0.931 bits per heavy atom. The van der Waals surface area contributed by atoms with E-state index >= 15 is 0 Å². The molecule has 3 amide bonds. The van der Waals surface area contributed by atoms with Crippen molar-refractivity contribution in [1.29, 1.82) is 0 Å². The minimum absolute atomic E-state index is 0.275. The normalized spacial score (nSPS) is 16.8. The zero-order valence-corrected chi connectivity index (χ0v) is 16.1. The number of carbonyl (C=O) groups excluding carboxylic acids is 3. The molecule has 2 heterocycles. The van der Waals surface area contributed by atoms with Gasteiger partial charge in [0.15, 0.2) is 0 Å². The summed E-state index contributed by atoms with van der Waals surface area (Å²) in [7, 11) is 0.